The second kappa shape index (κ2) is 7.06. The predicted octanol–water partition coefficient (Wildman–Crippen LogP) is 3.07. The maximum absolute atomic E-state index is 11.2. The third kappa shape index (κ3) is 3.67. The van der Waals surface area contributed by atoms with Gasteiger partial charge in [0.05, 0.1) is 17.8 Å². The molecule has 122 valence electrons. The van der Waals surface area contributed by atoms with E-state index in [4.69, 9.17) is 4.52 Å². The molecule has 2 aromatic heterocycles. The average molecular weight is 323 g/mol. The molecule has 2 heterocycles. The van der Waals surface area contributed by atoms with Gasteiger partial charge < -0.3 is 9.63 Å². The Morgan fingerprint density at radius 3 is 2.71 bits per heavy atom. The summed E-state index contributed by atoms with van der Waals surface area (Å²) in [6.45, 7) is 0.916. The van der Waals surface area contributed by atoms with Crippen LogP contribution in [0.1, 0.15) is 21.8 Å². The Hall–Kier alpha value is -2.99. The van der Waals surface area contributed by atoms with Crippen molar-refractivity contribution in [2.75, 3.05) is 7.05 Å². The van der Waals surface area contributed by atoms with Gasteiger partial charge in [-0.25, -0.2) is 4.79 Å². The van der Waals surface area contributed by atoms with Crippen LogP contribution in [0.2, 0.25) is 0 Å². The van der Waals surface area contributed by atoms with Gasteiger partial charge in [0, 0.05) is 24.4 Å². The van der Waals surface area contributed by atoms with Gasteiger partial charge in [0.1, 0.15) is 5.69 Å². The van der Waals surface area contributed by atoms with Gasteiger partial charge in [-0.05, 0) is 19.2 Å². The molecule has 0 radical (unpaired) electrons. The molecule has 6 heteroatoms. The van der Waals surface area contributed by atoms with Crippen LogP contribution in [0.4, 0.5) is 0 Å². The van der Waals surface area contributed by atoms with Crippen molar-refractivity contribution in [3.63, 3.8) is 0 Å². The van der Waals surface area contributed by atoms with Crippen LogP contribution in [-0.2, 0) is 13.1 Å². The van der Waals surface area contributed by atoms with Gasteiger partial charge >= 0.3 is 5.97 Å². The quantitative estimate of drug-likeness (QED) is 0.751. The van der Waals surface area contributed by atoms with E-state index in [0.717, 1.165) is 11.3 Å². The molecule has 0 spiro atoms. The maximum Gasteiger partial charge on any atom is 0.337 e. The molecule has 0 unspecified atom stereocenters. The number of hydrogen-bond donors (Lipinski definition) is 1. The van der Waals surface area contributed by atoms with Crippen molar-refractivity contribution in [2.24, 2.45) is 0 Å². The minimum Gasteiger partial charge on any atom is -0.478 e. The lowest BCUT2D eigenvalue weighted by Gasteiger charge is -2.15. The highest BCUT2D eigenvalue weighted by atomic mass is 16.5. The van der Waals surface area contributed by atoms with Gasteiger partial charge in [0.15, 0.2) is 5.76 Å². The molecule has 0 saturated carbocycles. The molecule has 0 fully saturated rings. The molecule has 0 aliphatic heterocycles. The third-order valence-corrected chi connectivity index (χ3v) is 3.59. The van der Waals surface area contributed by atoms with Crippen LogP contribution in [0, 0.1) is 0 Å². The molecule has 0 atom stereocenters. The molecule has 0 aliphatic carbocycles. The Bertz CT molecular complexity index is 830. The fourth-order valence-corrected chi connectivity index (χ4v) is 2.47. The van der Waals surface area contributed by atoms with Crippen molar-refractivity contribution in [3.8, 4) is 11.3 Å². The van der Waals surface area contributed by atoms with E-state index in [9.17, 15) is 9.90 Å². The van der Waals surface area contributed by atoms with Crippen molar-refractivity contribution in [2.45, 2.75) is 13.1 Å². The summed E-state index contributed by atoms with van der Waals surface area (Å²) in [5, 5.41) is 13.3. The molecule has 0 amide bonds. The number of nitrogens with zero attached hydrogens (tertiary/aromatic N) is 3. The summed E-state index contributed by atoms with van der Waals surface area (Å²) in [6, 6.07) is 14.9. The van der Waals surface area contributed by atoms with Crippen LogP contribution in [0.25, 0.3) is 11.3 Å². The normalized spacial score (nSPS) is 10.9. The van der Waals surface area contributed by atoms with Gasteiger partial charge in [-0.1, -0.05) is 35.5 Å². The van der Waals surface area contributed by atoms with Gasteiger partial charge in [-0.15, -0.1) is 0 Å². The van der Waals surface area contributed by atoms with E-state index in [-0.39, 0.29) is 5.56 Å². The van der Waals surface area contributed by atoms with E-state index in [2.05, 4.69) is 10.1 Å². The summed E-state index contributed by atoms with van der Waals surface area (Å²) < 4.78 is 5.38. The lowest BCUT2D eigenvalue weighted by Crippen LogP contribution is -2.19. The molecule has 0 saturated heterocycles. The Labute approximate surface area is 139 Å². The summed E-state index contributed by atoms with van der Waals surface area (Å²) in [4.78, 5) is 17.3. The SMILES string of the molecule is CN(Cc1cc(-c2ccccc2)no1)Cc1ncccc1C(=O)O. The minimum atomic E-state index is -0.975. The summed E-state index contributed by atoms with van der Waals surface area (Å²) >= 11 is 0. The number of pyridine rings is 1. The first-order chi connectivity index (χ1) is 11.6. The smallest absolute Gasteiger partial charge is 0.337 e. The first-order valence-corrected chi connectivity index (χ1v) is 7.50. The molecule has 1 aromatic carbocycles. The first kappa shape index (κ1) is 15.9. The van der Waals surface area contributed by atoms with Crippen molar-refractivity contribution in [3.05, 3.63) is 71.7 Å². The van der Waals surface area contributed by atoms with E-state index in [0.29, 0.717) is 24.5 Å². The number of aromatic carboxylic acids is 1. The molecule has 3 aromatic rings. The number of rotatable bonds is 6. The third-order valence-electron chi connectivity index (χ3n) is 3.59. The summed E-state index contributed by atoms with van der Waals surface area (Å²) in [5.74, 6) is -0.262. The van der Waals surface area contributed by atoms with E-state index in [1.807, 2.05) is 48.3 Å². The van der Waals surface area contributed by atoms with E-state index >= 15 is 0 Å². The van der Waals surface area contributed by atoms with Crippen LogP contribution in [0.15, 0.2) is 59.3 Å². The Balaban J connectivity index is 1.69. The molecule has 24 heavy (non-hydrogen) atoms. The number of hydrogen-bond acceptors (Lipinski definition) is 5. The first-order valence-electron chi connectivity index (χ1n) is 7.50. The van der Waals surface area contributed by atoms with Gasteiger partial charge in [0.2, 0.25) is 0 Å². The second-order valence-corrected chi connectivity index (χ2v) is 5.52. The second-order valence-electron chi connectivity index (χ2n) is 5.52. The molecular weight excluding hydrogens is 306 g/mol. The van der Waals surface area contributed by atoms with Crippen LogP contribution >= 0.6 is 0 Å². The Morgan fingerprint density at radius 1 is 1.17 bits per heavy atom. The summed E-state index contributed by atoms with van der Waals surface area (Å²) in [5.41, 5.74) is 2.51. The number of carboxylic acid groups (broad SMARTS) is 1. The fourth-order valence-electron chi connectivity index (χ4n) is 2.47. The van der Waals surface area contributed by atoms with Crippen molar-refractivity contribution in [1.29, 1.82) is 0 Å². The van der Waals surface area contributed by atoms with Crippen molar-refractivity contribution < 1.29 is 14.4 Å². The van der Waals surface area contributed by atoms with Crippen LogP contribution in [-0.4, -0.2) is 33.2 Å². The topological polar surface area (TPSA) is 79.5 Å². The lowest BCUT2D eigenvalue weighted by molar-refractivity contribution is 0.0694. The van der Waals surface area contributed by atoms with Gasteiger partial charge in [-0.3, -0.25) is 9.88 Å². The van der Waals surface area contributed by atoms with Gasteiger partial charge in [-0.2, -0.15) is 0 Å². The molecule has 0 bridgehead atoms. The minimum absolute atomic E-state index is 0.215. The molecular formula is C18H17N3O3. The molecule has 1 N–H and O–H groups in total. The average Bonchev–Trinajstić information content (AvgIpc) is 3.04. The zero-order chi connectivity index (χ0) is 16.9. The number of aromatic nitrogens is 2. The highest BCUT2D eigenvalue weighted by molar-refractivity contribution is 5.88. The van der Waals surface area contributed by atoms with Crippen LogP contribution in [0.3, 0.4) is 0 Å². The monoisotopic (exact) mass is 323 g/mol. The van der Waals surface area contributed by atoms with E-state index in [1.165, 1.54) is 0 Å². The summed E-state index contributed by atoms with van der Waals surface area (Å²) in [6.07, 6.45) is 1.59. The number of carbonyl (C=O) groups is 1. The van der Waals surface area contributed by atoms with E-state index < -0.39 is 5.97 Å². The molecule has 3 rings (SSSR count). The van der Waals surface area contributed by atoms with Gasteiger partial charge in [0.25, 0.3) is 0 Å². The maximum atomic E-state index is 11.2. The zero-order valence-corrected chi connectivity index (χ0v) is 13.2. The fraction of sp³-hybridized carbons (Fsp3) is 0.167. The van der Waals surface area contributed by atoms with Crippen molar-refractivity contribution in [1.82, 2.24) is 15.0 Å². The number of carboxylic acids is 1. The van der Waals surface area contributed by atoms with Crippen molar-refractivity contribution >= 4 is 5.97 Å². The lowest BCUT2D eigenvalue weighted by atomic mass is 10.1. The highest BCUT2D eigenvalue weighted by Gasteiger charge is 2.14. The Morgan fingerprint density at radius 2 is 1.96 bits per heavy atom. The standard InChI is InChI=1S/C18H17N3O3/c1-21(12-17-15(18(22)23)8-5-9-19-17)11-14-10-16(20-24-14)13-6-3-2-4-7-13/h2-10H,11-12H2,1H3,(H,22,23). The molecule has 0 aliphatic rings. The number of benzene rings is 1. The highest BCUT2D eigenvalue weighted by Crippen LogP contribution is 2.19. The Kier molecular flexibility index (Phi) is 4.67. The zero-order valence-electron chi connectivity index (χ0n) is 13.2. The largest absolute Gasteiger partial charge is 0.478 e. The van der Waals surface area contributed by atoms with Crippen LogP contribution in [0.5, 0.6) is 0 Å². The molecule has 6 nitrogen and oxygen atoms in total. The van der Waals surface area contributed by atoms with E-state index in [1.54, 1.807) is 18.3 Å². The predicted molar refractivity (Wildman–Crippen MR) is 88.3 cm³/mol. The summed E-state index contributed by atoms with van der Waals surface area (Å²) in [7, 11) is 1.88. The van der Waals surface area contributed by atoms with Crippen LogP contribution < -0.4 is 0 Å².